The Morgan fingerprint density at radius 3 is 2.94 bits per heavy atom. The van der Waals surface area contributed by atoms with E-state index in [0.717, 1.165) is 35.1 Å². The maximum atomic E-state index is 6.05. The molecule has 0 bridgehead atoms. The Morgan fingerprint density at radius 2 is 2.11 bits per heavy atom. The van der Waals surface area contributed by atoms with E-state index in [2.05, 4.69) is 31.5 Å². The maximum absolute atomic E-state index is 6.05. The summed E-state index contributed by atoms with van der Waals surface area (Å²) in [5, 5.41) is 0. The monoisotopic (exact) mass is 305 g/mol. The number of halogens is 1. The zero-order chi connectivity index (χ0) is 12.5. The third kappa shape index (κ3) is 2.17. The number of aryl methyl sites for hydroxylation is 1. The van der Waals surface area contributed by atoms with Crippen LogP contribution in [0.5, 0.6) is 0 Å². The van der Waals surface area contributed by atoms with Crippen LogP contribution in [0.2, 0.25) is 0 Å². The zero-order valence-electron chi connectivity index (χ0n) is 10.2. The minimum atomic E-state index is 0.821. The highest BCUT2D eigenvalue weighted by atomic mass is 79.9. The van der Waals surface area contributed by atoms with Crippen molar-refractivity contribution in [3.05, 3.63) is 46.0 Å². The number of aromatic nitrogens is 2. The molecule has 1 aromatic heterocycles. The molecular formula is C14H16BrN3. The van der Waals surface area contributed by atoms with Gasteiger partial charge in [-0.15, -0.1) is 0 Å². The standard InChI is InChI=1S/C14H16BrN3/c15-11-6-5-10(12(16)7-11)8-18-9-17-13-3-1-2-4-14(13)18/h5-7,9H,1-4,8,16H2. The van der Waals surface area contributed by atoms with Crippen molar-refractivity contribution in [3.63, 3.8) is 0 Å². The van der Waals surface area contributed by atoms with Gasteiger partial charge in [-0.05, 0) is 43.4 Å². The van der Waals surface area contributed by atoms with Gasteiger partial charge in [-0.3, -0.25) is 0 Å². The molecule has 1 heterocycles. The smallest absolute Gasteiger partial charge is 0.0954 e. The third-order valence-corrected chi connectivity index (χ3v) is 4.05. The van der Waals surface area contributed by atoms with Gasteiger partial charge < -0.3 is 10.3 Å². The molecule has 94 valence electrons. The van der Waals surface area contributed by atoms with Crippen molar-refractivity contribution in [1.29, 1.82) is 0 Å². The molecule has 0 aliphatic heterocycles. The van der Waals surface area contributed by atoms with E-state index in [1.165, 1.54) is 24.2 Å². The fraction of sp³-hybridized carbons (Fsp3) is 0.357. The van der Waals surface area contributed by atoms with E-state index in [1.54, 1.807) is 0 Å². The molecule has 4 heteroatoms. The second-order valence-electron chi connectivity index (χ2n) is 4.82. The molecule has 2 aromatic rings. The summed E-state index contributed by atoms with van der Waals surface area (Å²) in [6, 6.07) is 6.07. The quantitative estimate of drug-likeness (QED) is 0.866. The largest absolute Gasteiger partial charge is 0.398 e. The Hall–Kier alpha value is -1.29. The molecule has 0 atom stereocenters. The minimum absolute atomic E-state index is 0.821. The van der Waals surface area contributed by atoms with Crippen LogP contribution in [0.3, 0.4) is 0 Å². The number of benzene rings is 1. The van der Waals surface area contributed by atoms with Crippen molar-refractivity contribution < 1.29 is 0 Å². The van der Waals surface area contributed by atoms with Gasteiger partial charge in [0.05, 0.1) is 18.6 Å². The van der Waals surface area contributed by atoms with Crippen LogP contribution in [0.1, 0.15) is 29.8 Å². The first-order valence-electron chi connectivity index (χ1n) is 6.31. The van der Waals surface area contributed by atoms with E-state index in [4.69, 9.17) is 5.73 Å². The number of hydrogen-bond donors (Lipinski definition) is 1. The van der Waals surface area contributed by atoms with Gasteiger partial charge >= 0.3 is 0 Å². The topological polar surface area (TPSA) is 43.8 Å². The Kier molecular flexibility index (Phi) is 3.12. The van der Waals surface area contributed by atoms with E-state index in [-0.39, 0.29) is 0 Å². The molecular weight excluding hydrogens is 290 g/mol. The van der Waals surface area contributed by atoms with Crippen molar-refractivity contribution in [2.45, 2.75) is 32.2 Å². The maximum Gasteiger partial charge on any atom is 0.0954 e. The van der Waals surface area contributed by atoms with E-state index in [9.17, 15) is 0 Å². The van der Waals surface area contributed by atoms with Gasteiger partial charge in [0.1, 0.15) is 0 Å². The Labute approximate surface area is 115 Å². The second-order valence-corrected chi connectivity index (χ2v) is 5.73. The number of imidazole rings is 1. The van der Waals surface area contributed by atoms with Gasteiger partial charge in [0.15, 0.2) is 0 Å². The number of nitrogen functional groups attached to an aromatic ring is 1. The van der Waals surface area contributed by atoms with Crippen LogP contribution in [0.4, 0.5) is 5.69 Å². The summed E-state index contributed by atoms with van der Waals surface area (Å²) in [7, 11) is 0. The highest BCUT2D eigenvalue weighted by Gasteiger charge is 2.15. The van der Waals surface area contributed by atoms with Gasteiger partial charge in [-0.2, -0.15) is 0 Å². The lowest BCUT2D eigenvalue weighted by molar-refractivity contribution is 0.629. The van der Waals surface area contributed by atoms with Crippen LogP contribution in [-0.4, -0.2) is 9.55 Å². The summed E-state index contributed by atoms with van der Waals surface area (Å²) < 4.78 is 3.27. The fourth-order valence-corrected chi connectivity index (χ4v) is 2.94. The van der Waals surface area contributed by atoms with Gasteiger partial charge in [-0.25, -0.2) is 4.98 Å². The minimum Gasteiger partial charge on any atom is -0.398 e. The summed E-state index contributed by atoms with van der Waals surface area (Å²) in [4.78, 5) is 4.51. The molecule has 0 saturated carbocycles. The molecule has 0 saturated heterocycles. The lowest BCUT2D eigenvalue weighted by Gasteiger charge is -2.15. The molecule has 0 spiro atoms. The van der Waals surface area contributed by atoms with Gasteiger partial charge in [0.25, 0.3) is 0 Å². The highest BCUT2D eigenvalue weighted by molar-refractivity contribution is 9.10. The Morgan fingerprint density at radius 1 is 1.28 bits per heavy atom. The van der Waals surface area contributed by atoms with Crippen LogP contribution < -0.4 is 5.73 Å². The number of hydrogen-bond acceptors (Lipinski definition) is 2. The molecule has 0 radical (unpaired) electrons. The first-order chi connectivity index (χ1) is 8.74. The summed E-state index contributed by atoms with van der Waals surface area (Å²) >= 11 is 3.44. The average molecular weight is 306 g/mol. The van der Waals surface area contributed by atoms with Crippen LogP contribution in [0, 0.1) is 0 Å². The van der Waals surface area contributed by atoms with Crippen LogP contribution in [-0.2, 0) is 19.4 Å². The van der Waals surface area contributed by atoms with Crippen LogP contribution in [0.15, 0.2) is 29.0 Å². The van der Waals surface area contributed by atoms with E-state index < -0.39 is 0 Å². The van der Waals surface area contributed by atoms with E-state index in [1.807, 2.05) is 18.5 Å². The number of anilines is 1. The summed E-state index contributed by atoms with van der Waals surface area (Å²) in [6.45, 7) is 0.821. The first kappa shape index (κ1) is 11.8. The zero-order valence-corrected chi connectivity index (χ0v) is 11.8. The SMILES string of the molecule is Nc1cc(Br)ccc1Cn1cnc2c1CCCC2. The van der Waals surface area contributed by atoms with Crippen molar-refractivity contribution in [1.82, 2.24) is 9.55 Å². The normalized spacial score (nSPS) is 14.5. The molecule has 1 aliphatic carbocycles. The van der Waals surface area contributed by atoms with Crippen LogP contribution >= 0.6 is 15.9 Å². The molecule has 2 N–H and O–H groups in total. The molecule has 0 fully saturated rings. The van der Waals surface area contributed by atoms with E-state index in [0.29, 0.717) is 0 Å². The van der Waals surface area contributed by atoms with Crippen LogP contribution in [0.25, 0.3) is 0 Å². The van der Waals surface area contributed by atoms with Gasteiger partial charge in [0.2, 0.25) is 0 Å². The number of nitrogens with two attached hydrogens (primary N) is 1. The number of fused-ring (bicyclic) bond motifs is 1. The Bertz CT molecular complexity index is 574. The predicted octanol–water partition coefficient (Wildman–Crippen LogP) is 3.15. The van der Waals surface area contributed by atoms with Crippen molar-refractivity contribution >= 4 is 21.6 Å². The van der Waals surface area contributed by atoms with Gasteiger partial charge in [-0.1, -0.05) is 22.0 Å². The summed E-state index contributed by atoms with van der Waals surface area (Å²) in [5.74, 6) is 0. The third-order valence-electron chi connectivity index (χ3n) is 3.56. The molecule has 3 rings (SSSR count). The molecule has 0 amide bonds. The predicted molar refractivity (Wildman–Crippen MR) is 76.5 cm³/mol. The molecule has 3 nitrogen and oxygen atoms in total. The molecule has 1 aliphatic rings. The van der Waals surface area contributed by atoms with Crippen molar-refractivity contribution in [3.8, 4) is 0 Å². The van der Waals surface area contributed by atoms with Gasteiger partial charge in [0, 0.05) is 15.9 Å². The first-order valence-corrected chi connectivity index (χ1v) is 7.10. The van der Waals surface area contributed by atoms with Crippen molar-refractivity contribution in [2.75, 3.05) is 5.73 Å². The highest BCUT2D eigenvalue weighted by Crippen LogP contribution is 2.23. The van der Waals surface area contributed by atoms with Crippen molar-refractivity contribution in [2.24, 2.45) is 0 Å². The van der Waals surface area contributed by atoms with E-state index >= 15 is 0 Å². The summed E-state index contributed by atoms with van der Waals surface area (Å²) in [5.41, 5.74) is 10.7. The lowest BCUT2D eigenvalue weighted by Crippen LogP contribution is -2.10. The molecule has 1 aromatic carbocycles. The number of rotatable bonds is 2. The molecule has 0 unspecified atom stereocenters. The lowest BCUT2D eigenvalue weighted by atomic mass is 10.0. The fourth-order valence-electron chi connectivity index (χ4n) is 2.56. The average Bonchev–Trinajstić information content (AvgIpc) is 2.76. The number of nitrogens with zero attached hydrogens (tertiary/aromatic N) is 2. The summed E-state index contributed by atoms with van der Waals surface area (Å²) in [6.07, 6.45) is 6.76. The second kappa shape index (κ2) is 4.76. The molecule has 18 heavy (non-hydrogen) atoms. The Balaban J connectivity index is 1.90.